The molecule has 2 aliphatic rings. The van der Waals surface area contributed by atoms with Crippen molar-refractivity contribution >= 4 is 23.0 Å². The van der Waals surface area contributed by atoms with Crippen molar-refractivity contribution in [2.24, 2.45) is 0 Å². The maximum atomic E-state index is 10.9. The summed E-state index contributed by atoms with van der Waals surface area (Å²) in [6.07, 6.45) is 3.78. The van der Waals surface area contributed by atoms with Gasteiger partial charge in [0.05, 0.1) is 4.92 Å². The Morgan fingerprint density at radius 2 is 2.05 bits per heavy atom. The van der Waals surface area contributed by atoms with E-state index in [-0.39, 0.29) is 10.6 Å². The second-order valence-corrected chi connectivity index (χ2v) is 6.10. The van der Waals surface area contributed by atoms with E-state index in [2.05, 4.69) is 9.80 Å². The van der Waals surface area contributed by atoms with Crippen molar-refractivity contribution in [3.05, 3.63) is 33.9 Å². The van der Waals surface area contributed by atoms with Crippen LogP contribution in [0.25, 0.3) is 0 Å². The summed E-state index contributed by atoms with van der Waals surface area (Å²) in [4.78, 5) is 15.4. The largest absolute Gasteiger partial charge is 0.370 e. The quantitative estimate of drug-likeness (QED) is 0.487. The summed E-state index contributed by atoms with van der Waals surface area (Å²) in [5.74, 6) is 0.307. The molecule has 0 spiro atoms. The minimum absolute atomic E-state index is 0.115. The van der Waals surface area contributed by atoms with Crippen molar-refractivity contribution in [1.29, 1.82) is 0 Å². The van der Waals surface area contributed by atoms with Gasteiger partial charge < -0.3 is 4.90 Å². The van der Waals surface area contributed by atoms with E-state index < -0.39 is 0 Å². The van der Waals surface area contributed by atoms with E-state index in [1.54, 1.807) is 12.1 Å². The molecule has 0 bridgehead atoms. The lowest BCUT2D eigenvalue weighted by Crippen LogP contribution is -2.35. The molecule has 5 nitrogen and oxygen atoms in total. The van der Waals surface area contributed by atoms with Crippen molar-refractivity contribution in [1.82, 2.24) is 4.90 Å². The number of nitrogens with zero attached hydrogens (tertiary/aromatic N) is 3. The van der Waals surface area contributed by atoms with E-state index in [1.807, 2.05) is 6.07 Å². The highest BCUT2D eigenvalue weighted by molar-refractivity contribution is 6.17. The predicted octanol–water partition coefficient (Wildman–Crippen LogP) is 3.01. The van der Waals surface area contributed by atoms with E-state index in [1.165, 1.54) is 32.4 Å². The Hall–Kier alpha value is -1.33. The van der Waals surface area contributed by atoms with Crippen molar-refractivity contribution in [2.75, 3.05) is 31.1 Å². The molecule has 0 saturated carbocycles. The highest BCUT2D eigenvalue weighted by Gasteiger charge is 2.30. The van der Waals surface area contributed by atoms with Gasteiger partial charge in [0.1, 0.15) is 0 Å². The molecule has 0 radical (unpaired) electrons. The van der Waals surface area contributed by atoms with Crippen LogP contribution in [0.4, 0.5) is 11.4 Å². The third kappa shape index (κ3) is 2.99. The van der Waals surface area contributed by atoms with Gasteiger partial charge in [-0.1, -0.05) is 0 Å². The van der Waals surface area contributed by atoms with Crippen LogP contribution in [0.1, 0.15) is 24.8 Å². The van der Waals surface area contributed by atoms with Gasteiger partial charge >= 0.3 is 0 Å². The van der Waals surface area contributed by atoms with E-state index in [0.717, 1.165) is 24.3 Å². The van der Waals surface area contributed by atoms with Crippen molar-refractivity contribution in [3.8, 4) is 0 Å². The van der Waals surface area contributed by atoms with Gasteiger partial charge in [-0.25, -0.2) is 0 Å². The highest BCUT2D eigenvalue weighted by atomic mass is 35.5. The number of anilines is 1. The zero-order valence-electron chi connectivity index (χ0n) is 12.0. The Morgan fingerprint density at radius 1 is 1.29 bits per heavy atom. The molecule has 0 aliphatic carbocycles. The second kappa shape index (κ2) is 6.20. The maximum Gasteiger partial charge on any atom is 0.269 e. The Kier molecular flexibility index (Phi) is 4.31. The molecule has 0 amide bonds. The Bertz CT molecular complexity index is 532. The van der Waals surface area contributed by atoms with Crippen LogP contribution in [0.2, 0.25) is 0 Å². The van der Waals surface area contributed by atoms with Gasteiger partial charge in [0.15, 0.2) is 0 Å². The zero-order chi connectivity index (χ0) is 14.8. The summed E-state index contributed by atoms with van der Waals surface area (Å²) in [7, 11) is 0. The number of hydrogen-bond donors (Lipinski definition) is 0. The van der Waals surface area contributed by atoms with Gasteiger partial charge in [0, 0.05) is 42.8 Å². The average molecular weight is 310 g/mol. The summed E-state index contributed by atoms with van der Waals surface area (Å²) in [6, 6.07) is 5.65. The first-order valence-corrected chi connectivity index (χ1v) is 8.05. The number of benzene rings is 1. The molecule has 114 valence electrons. The predicted molar refractivity (Wildman–Crippen MR) is 84.1 cm³/mol. The molecule has 3 rings (SSSR count). The number of likely N-dealkylation sites (tertiary alicyclic amines) is 1. The van der Waals surface area contributed by atoms with Crippen LogP contribution in [0.5, 0.6) is 0 Å². The zero-order valence-corrected chi connectivity index (χ0v) is 12.8. The SMILES string of the molecule is O=[N+]([O-])c1ccc(N2CCC(N3CCCC3)C2)c(CCl)c1. The van der Waals surface area contributed by atoms with E-state index in [4.69, 9.17) is 11.6 Å². The first-order chi connectivity index (χ1) is 10.2. The van der Waals surface area contributed by atoms with Gasteiger partial charge in [-0.3, -0.25) is 15.0 Å². The molecule has 1 unspecified atom stereocenters. The van der Waals surface area contributed by atoms with Crippen LogP contribution in [0.3, 0.4) is 0 Å². The van der Waals surface area contributed by atoms with Gasteiger partial charge in [0.2, 0.25) is 0 Å². The number of nitro groups is 1. The number of alkyl halides is 1. The third-order valence-electron chi connectivity index (χ3n) is 4.58. The molecule has 1 aromatic rings. The number of rotatable bonds is 4. The van der Waals surface area contributed by atoms with Crippen LogP contribution < -0.4 is 4.90 Å². The number of halogens is 1. The van der Waals surface area contributed by atoms with Crippen LogP contribution in [-0.2, 0) is 5.88 Å². The molecular formula is C15H20ClN3O2. The van der Waals surface area contributed by atoms with Crippen molar-refractivity contribution < 1.29 is 4.92 Å². The lowest BCUT2D eigenvalue weighted by Gasteiger charge is -2.25. The minimum atomic E-state index is -0.364. The van der Waals surface area contributed by atoms with Crippen LogP contribution in [-0.4, -0.2) is 42.0 Å². The third-order valence-corrected chi connectivity index (χ3v) is 4.87. The lowest BCUT2D eigenvalue weighted by molar-refractivity contribution is -0.384. The Balaban J connectivity index is 1.76. The highest BCUT2D eigenvalue weighted by Crippen LogP contribution is 2.31. The normalized spacial score (nSPS) is 22.9. The standard InChI is InChI=1S/C15H20ClN3O2/c16-10-12-9-13(19(20)21)3-4-15(12)18-8-5-14(11-18)17-6-1-2-7-17/h3-4,9,14H,1-2,5-8,10-11H2. The molecular weight excluding hydrogens is 290 g/mol. The van der Waals surface area contributed by atoms with Crippen molar-refractivity contribution in [2.45, 2.75) is 31.2 Å². The number of non-ortho nitro benzene ring substituents is 1. The second-order valence-electron chi connectivity index (χ2n) is 5.84. The molecule has 6 heteroatoms. The monoisotopic (exact) mass is 309 g/mol. The fourth-order valence-electron chi connectivity index (χ4n) is 3.47. The van der Waals surface area contributed by atoms with Crippen LogP contribution in [0.15, 0.2) is 18.2 Å². The van der Waals surface area contributed by atoms with E-state index >= 15 is 0 Å². The smallest absolute Gasteiger partial charge is 0.269 e. The summed E-state index contributed by atoms with van der Waals surface area (Å²) in [5, 5.41) is 10.9. The van der Waals surface area contributed by atoms with Crippen molar-refractivity contribution in [3.63, 3.8) is 0 Å². The van der Waals surface area contributed by atoms with Gasteiger partial charge in [0.25, 0.3) is 5.69 Å². The molecule has 0 aromatic heterocycles. The summed E-state index contributed by atoms with van der Waals surface area (Å²) < 4.78 is 0. The average Bonchev–Trinajstić information content (AvgIpc) is 3.17. The topological polar surface area (TPSA) is 49.6 Å². The molecule has 2 fully saturated rings. The van der Waals surface area contributed by atoms with Crippen LogP contribution in [0, 0.1) is 10.1 Å². The number of hydrogen-bond acceptors (Lipinski definition) is 4. The van der Waals surface area contributed by atoms with Gasteiger partial charge in [-0.2, -0.15) is 0 Å². The van der Waals surface area contributed by atoms with E-state index in [9.17, 15) is 10.1 Å². The van der Waals surface area contributed by atoms with Crippen LogP contribution >= 0.6 is 11.6 Å². The summed E-state index contributed by atoms with van der Waals surface area (Å²) in [5.41, 5.74) is 2.02. The fraction of sp³-hybridized carbons (Fsp3) is 0.600. The Labute approximate surface area is 129 Å². The molecule has 0 N–H and O–H groups in total. The lowest BCUT2D eigenvalue weighted by atomic mass is 10.1. The molecule has 2 saturated heterocycles. The summed E-state index contributed by atoms with van der Waals surface area (Å²) in [6.45, 7) is 4.42. The van der Waals surface area contributed by atoms with Gasteiger partial charge in [-0.15, -0.1) is 11.6 Å². The fourth-order valence-corrected chi connectivity index (χ4v) is 3.68. The molecule has 21 heavy (non-hydrogen) atoms. The number of nitro benzene ring substituents is 1. The molecule has 1 aromatic carbocycles. The first-order valence-electron chi connectivity index (χ1n) is 7.51. The molecule has 2 aliphatic heterocycles. The first kappa shape index (κ1) is 14.6. The minimum Gasteiger partial charge on any atom is -0.370 e. The summed E-state index contributed by atoms with van der Waals surface area (Å²) >= 11 is 5.99. The maximum absolute atomic E-state index is 10.9. The van der Waals surface area contributed by atoms with E-state index in [0.29, 0.717) is 11.9 Å². The van der Waals surface area contributed by atoms with Gasteiger partial charge in [-0.05, 0) is 44.0 Å². The Morgan fingerprint density at radius 3 is 2.71 bits per heavy atom. The molecule has 2 heterocycles. The molecule has 1 atom stereocenters.